The maximum absolute atomic E-state index is 12.4. The molecule has 0 aromatic carbocycles. The van der Waals surface area contributed by atoms with E-state index in [-0.39, 0.29) is 0 Å². The minimum Gasteiger partial charge on any atom is -0.394 e. The summed E-state index contributed by atoms with van der Waals surface area (Å²) in [7, 11) is 0. The highest BCUT2D eigenvalue weighted by Gasteiger charge is 2.28. The molecule has 0 aromatic rings. The van der Waals surface area contributed by atoms with E-state index in [0.717, 1.165) is 38.5 Å². The number of aliphatic hydroxyl groups is 4. The first-order valence-electron chi connectivity index (χ1n) is 23.1. The van der Waals surface area contributed by atoms with Gasteiger partial charge in [0.15, 0.2) is 0 Å². The number of unbranched alkanes of at least 4 members (excludes halogenated alkanes) is 31. The van der Waals surface area contributed by atoms with Crippen molar-refractivity contribution in [3.63, 3.8) is 0 Å². The lowest BCUT2D eigenvalue weighted by molar-refractivity contribution is -0.132. The van der Waals surface area contributed by atoms with Crippen molar-refractivity contribution in [2.45, 2.75) is 269 Å². The van der Waals surface area contributed by atoms with Crippen molar-refractivity contribution in [3.05, 3.63) is 12.2 Å². The Morgan fingerprint density at radius 3 is 1.12 bits per heavy atom. The summed E-state index contributed by atoms with van der Waals surface area (Å²) in [6.07, 6.45) is 45.9. The van der Waals surface area contributed by atoms with Gasteiger partial charge in [-0.2, -0.15) is 0 Å². The standard InChI is InChI=1S/C46H91NO5/c1-3-5-7-9-11-12-13-14-15-16-17-18-19-20-21-22-23-24-25-26-27-28-29-30-31-32-33-34-36-38-40-44(50)46(52)47-42(41-48)45(51)43(49)39-37-35-10-8-6-4-2/h20-21,42-45,48-51H,3-19,22-41H2,1-2H3,(H,47,52)/b21-20-. The van der Waals surface area contributed by atoms with Crippen LogP contribution < -0.4 is 5.32 Å². The monoisotopic (exact) mass is 738 g/mol. The van der Waals surface area contributed by atoms with E-state index in [1.165, 1.54) is 180 Å². The molecule has 0 fully saturated rings. The third-order valence-corrected chi connectivity index (χ3v) is 11.0. The van der Waals surface area contributed by atoms with Gasteiger partial charge in [-0.25, -0.2) is 0 Å². The van der Waals surface area contributed by atoms with Crippen molar-refractivity contribution in [1.82, 2.24) is 5.32 Å². The van der Waals surface area contributed by atoms with Crippen LogP contribution in [0, 0.1) is 0 Å². The van der Waals surface area contributed by atoms with Crippen molar-refractivity contribution in [2.75, 3.05) is 6.61 Å². The molecule has 0 saturated heterocycles. The number of hydrogen-bond acceptors (Lipinski definition) is 5. The second-order valence-electron chi connectivity index (χ2n) is 16.1. The Hall–Kier alpha value is -0.950. The number of amides is 1. The topological polar surface area (TPSA) is 110 Å². The molecule has 6 nitrogen and oxygen atoms in total. The van der Waals surface area contributed by atoms with E-state index in [1.807, 2.05) is 0 Å². The Balaban J connectivity index is 3.50. The van der Waals surface area contributed by atoms with Crippen LogP contribution in [0.4, 0.5) is 0 Å². The van der Waals surface area contributed by atoms with Gasteiger partial charge in [-0.3, -0.25) is 4.79 Å². The molecule has 4 unspecified atom stereocenters. The zero-order chi connectivity index (χ0) is 38.2. The van der Waals surface area contributed by atoms with E-state index in [4.69, 9.17) is 0 Å². The van der Waals surface area contributed by atoms with Gasteiger partial charge < -0.3 is 25.7 Å². The lowest BCUT2D eigenvalue weighted by atomic mass is 9.99. The summed E-state index contributed by atoms with van der Waals surface area (Å²) < 4.78 is 0. The van der Waals surface area contributed by atoms with Crippen molar-refractivity contribution in [3.8, 4) is 0 Å². The first-order valence-corrected chi connectivity index (χ1v) is 23.1. The quantitative estimate of drug-likeness (QED) is 0.0316. The minimum absolute atomic E-state index is 0.372. The molecule has 0 aliphatic rings. The molecule has 0 aromatic heterocycles. The molecule has 5 N–H and O–H groups in total. The number of aliphatic hydroxyl groups excluding tert-OH is 4. The number of carbonyl (C=O) groups is 1. The van der Waals surface area contributed by atoms with E-state index in [9.17, 15) is 25.2 Å². The fourth-order valence-corrected chi connectivity index (χ4v) is 7.28. The summed E-state index contributed by atoms with van der Waals surface area (Å²) in [4.78, 5) is 12.4. The highest BCUT2D eigenvalue weighted by molar-refractivity contribution is 5.80. The van der Waals surface area contributed by atoms with Crippen molar-refractivity contribution >= 4 is 5.91 Å². The molecular weight excluding hydrogens is 647 g/mol. The summed E-state index contributed by atoms with van der Waals surface area (Å²) in [5, 5.41) is 43.2. The lowest BCUT2D eigenvalue weighted by Gasteiger charge is -2.27. The molecule has 0 radical (unpaired) electrons. The van der Waals surface area contributed by atoms with Gasteiger partial charge in [0, 0.05) is 0 Å². The van der Waals surface area contributed by atoms with Crippen LogP contribution in [0.15, 0.2) is 12.2 Å². The SMILES string of the molecule is CCCCCCCCCCCCCC/C=C\CCCCCCCCCCCCCCCCC(O)C(=O)NC(CO)C(O)C(O)CCCCCCCC. The highest BCUT2D eigenvalue weighted by atomic mass is 16.3. The van der Waals surface area contributed by atoms with Crippen LogP contribution in [0.2, 0.25) is 0 Å². The average molecular weight is 738 g/mol. The zero-order valence-corrected chi connectivity index (χ0v) is 34.8. The summed E-state index contributed by atoms with van der Waals surface area (Å²) in [5.74, 6) is -0.586. The number of carbonyl (C=O) groups excluding carboxylic acids is 1. The summed E-state index contributed by atoms with van der Waals surface area (Å²) in [5.41, 5.74) is 0. The predicted molar refractivity (Wildman–Crippen MR) is 224 cm³/mol. The zero-order valence-electron chi connectivity index (χ0n) is 34.8. The molecule has 0 rings (SSSR count). The molecule has 0 saturated carbocycles. The van der Waals surface area contributed by atoms with Crippen LogP contribution in [0.3, 0.4) is 0 Å². The third kappa shape index (κ3) is 34.8. The Morgan fingerprint density at radius 1 is 0.462 bits per heavy atom. The molecule has 1 amide bonds. The fraction of sp³-hybridized carbons (Fsp3) is 0.935. The molecule has 0 aliphatic carbocycles. The van der Waals surface area contributed by atoms with E-state index in [2.05, 4.69) is 31.3 Å². The smallest absolute Gasteiger partial charge is 0.249 e. The fourth-order valence-electron chi connectivity index (χ4n) is 7.28. The van der Waals surface area contributed by atoms with Gasteiger partial charge in [-0.15, -0.1) is 0 Å². The van der Waals surface area contributed by atoms with Crippen LogP contribution in [0.1, 0.15) is 245 Å². The molecule has 0 bridgehead atoms. The van der Waals surface area contributed by atoms with Crippen molar-refractivity contribution in [2.24, 2.45) is 0 Å². The third-order valence-electron chi connectivity index (χ3n) is 11.0. The Bertz CT molecular complexity index is 746. The summed E-state index contributed by atoms with van der Waals surface area (Å²) in [6.45, 7) is 3.98. The predicted octanol–water partition coefficient (Wildman–Crippen LogP) is 12.2. The van der Waals surface area contributed by atoms with Crippen molar-refractivity contribution < 1.29 is 25.2 Å². The molecule has 0 aliphatic heterocycles. The van der Waals surface area contributed by atoms with Gasteiger partial charge in [-0.1, -0.05) is 219 Å². The van der Waals surface area contributed by atoms with E-state index < -0.39 is 36.9 Å². The van der Waals surface area contributed by atoms with Crippen LogP contribution in [0.5, 0.6) is 0 Å². The Kier molecular flexibility index (Phi) is 40.5. The maximum Gasteiger partial charge on any atom is 0.249 e. The average Bonchev–Trinajstić information content (AvgIpc) is 3.15. The largest absolute Gasteiger partial charge is 0.394 e. The number of hydrogen-bond donors (Lipinski definition) is 5. The first-order chi connectivity index (χ1) is 25.5. The molecule has 310 valence electrons. The van der Waals surface area contributed by atoms with Gasteiger partial charge in [0.2, 0.25) is 5.91 Å². The molecular formula is C46H91NO5. The van der Waals surface area contributed by atoms with Crippen molar-refractivity contribution in [1.29, 1.82) is 0 Å². The molecule has 4 atom stereocenters. The van der Waals surface area contributed by atoms with Gasteiger partial charge in [0.25, 0.3) is 0 Å². The Morgan fingerprint density at radius 2 is 0.769 bits per heavy atom. The van der Waals surface area contributed by atoms with Crippen LogP contribution in [-0.4, -0.2) is 57.3 Å². The summed E-state index contributed by atoms with van der Waals surface area (Å²) in [6, 6.07) is -0.978. The second kappa shape index (κ2) is 41.2. The van der Waals surface area contributed by atoms with Crippen LogP contribution in [0.25, 0.3) is 0 Å². The molecule has 52 heavy (non-hydrogen) atoms. The van der Waals surface area contributed by atoms with Gasteiger partial charge in [0.05, 0.1) is 18.8 Å². The highest BCUT2D eigenvalue weighted by Crippen LogP contribution is 2.17. The molecule has 6 heteroatoms. The van der Waals surface area contributed by atoms with Crippen LogP contribution >= 0.6 is 0 Å². The van der Waals surface area contributed by atoms with Gasteiger partial charge in [0.1, 0.15) is 12.2 Å². The summed E-state index contributed by atoms with van der Waals surface area (Å²) >= 11 is 0. The van der Waals surface area contributed by atoms with E-state index >= 15 is 0 Å². The molecule has 0 heterocycles. The maximum atomic E-state index is 12.4. The van der Waals surface area contributed by atoms with Gasteiger partial charge in [-0.05, 0) is 38.5 Å². The number of nitrogens with one attached hydrogen (secondary N) is 1. The van der Waals surface area contributed by atoms with Gasteiger partial charge >= 0.3 is 0 Å². The second-order valence-corrected chi connectivity index (χ2v) is 16.1. The lowest BCUT2D eigenvalue weighted by Crippen LogP contribution is -2.53. The Labute approximate surface area is 323 Å². The first kappa shape index (κ1) is 51.0. The minimum atomic E-state index is -1.25. The number of allylic oxidation sites excluding steroid dienone is 2. The molecule has 0 spiro atoms. The normalized spacial score (nSPS) is 14.2. The van der Waals surface area contributed by atoms with Crippen LogP contribution in [-0.2, 0) is 4.79 Å². The van der Waals surface area contributed by atoms with E-state index in [1.54, 1.807) is 0 Å². The number of rotatable bonds is 42. The van der Waals surface area contributed by atoms with E-state index in [0.29, 0.717) is 12.8 Å².